The van der Waals surface area contributed by atoms with Crippen molar-refractivity contribution < 1.29 is 13.2 Å². The molecule has 0 radical (unpaired) electrons. The van der Waals surface area contributed by atoms with E-state index in [9.17, 15) is 13.2 Å². The summed E-state index contributed by atoms with van der Waals surface area (Å²) in [5.74, 6) is -0.269. The Labute approximate surface area is 150 Å². The number of hydrogen-bond donors (Lipinski definition) is 1. The highest BCUT2D eigenvalue weighted by atomic mass is 32.2. The fourth-order valence-corrected chi connectivity index (χ4v) is 6.11. The summed E-state index contributed by atoms with van der Waals surface area (Å²) in [5, 5.41) is 4.62. The lowest BCUT2D eigenvalue weighted by atomic mass is 10.2. The van der Waals surface area contributed by atoms with Crippen LogP contribution in [0.5, 0.6) is 0 Å². The number of hydrogen-bond acceptors (Lipinski definition) is 5. The number of carbonyl (C=O) groups is 1. The van der Waals surface area contributed by atoms with Gasteiger partial charge in [0, 0.05) is 11.4 Å². The minimum atomic E-state index is -3.61. The second-order valence-electron chi connectivity index (χ2n) is 5.40. The van der Waals surface area contributed by atoms with Crippen LogP contribution in [0, 0.1) is 0 Å². The van der Waals surface area contributed by atoms with Gasteiger partial charge in [0.2, 0.25) is 5.91 Å². The topological polar surface area (TPSA) is 66.5 Å². The van der Waals surface area contributed by atoms with Crippen molar-refractivity contribution in [2.75, 3.05) is 18.1 Å². The lowest BCUT2D eigenvalue weighted by molar-refractivity contribution is -0.119. The smallest absolute Gasteiger partial charge is 0.253 e. The Morgan fingerprint density at radius 3 is 2.79 bits per heavy atom. The monoisotopic (exact) mass is 382 g/mol. The zero-order valence-corrected chi connectivity index (χ0v) is 15.6. The molecule has 1 atom stereocenters. The molecule has 2 aromatic rings. The van der Waals surface area contributed by atoms with Gasteiger partial charge in [0.05, 0.1) is 5.69 Å². The lowest BCUT2D eigenvalue weighted by Gasteiger charge is -2.23. The van der Waals surface area contributed by atoms with Crippen molar-refractivity contribution in [3.05, 3.63) is 41.8 Å². The van der Waals surface area contributed by atoms with Crippen LogP contribution in [-0.4, -0.2) is 37.5 Å². The summed E-state index contributed by atoms with van der Waals surface area (Å²) in [6.45, 7) is 0.377. The molecule has 1 aromatic carbocycles. The molecule has 128 valence electrons. The molecule has 3 rings (SSSR count). The first-order valence-corrected chi connectivity index (χ1v) is 11.1. The molecule has 5 nitrogen and oxygen atoms in total. The Hall–Kier alpha value is -1.35. The van der Waals surface area contributed by atoms with Gasteiger partial charge in [-0.3, -0.25) is 4.79 Å². The molecule has 1 aliphatic rings. The summed E-state index contributed by atoms with van der Waals surface area (Å²) in [7, 11) is -3.61. The third-order valence-corrected chi connectivity index (χ3v) is 8.01. The second kappa shape index (κ2) is 7.26. The van der Waals surface area contributed by atoms with Crippen LogP contribution in [0.3, 0.4) is 0 Å². The number of sulfonamides is 1. The van der Waals surface area contributed by atoms with E-state index in [-0.39, 0.29) is 10.1 Å². The number of benzene rings is 1. The predicted octanol–water partition coefficient (Wildman–Crippen LogP) is 3.26. The highest BCUT2D eigenvalue weighted by Gasteiger charge is 2.39. The Morgan fingerprint density at radius 2 is 2.08 bits per heavy atom. The zero-order valence-electron chi connectivity index (χ0n) is 13.1. The number of rotatable bonds is 5. The molecule has 1 N–H and O–H groups in total. The van der Waals surface area contributed by atoms with Crippen molar-refractivity contribution in [3.63, 3.8) is 0 Å². The maximum atomic E-state index is 12.7. The van der Waals surface area contributed by atoms with Crippen molar-refractivity contribution in [1.82, 2.24) is 4.31 Å². The summed E-state index contributed by atoms with van der Waals surface area (Å²) in [6, 6.07) is 10.1. The Kier molecular flexibility index (Phi) is 5.29. The molecule has 1 aliphatic heterocycles. The van der Waals surface area contributed by atoms with Gasteiger partial charge in [-0.1, -0.05) is 18.2 Å². The van der Waals surface area contributed by atoms with E-state index in [4.69, 9.17) is 0 Å². The largest absolute Gasteiger partial charge is 0.324 e. The van der Waals surface area contributed by atoms with Crippen molar-refractivity contribution in [1.29, 1.82) is 0 Å². The molecule has 0 saturated carbocycles. The summed E-state index contributed by atoms with van der Waals surface area (Å²) in [6.07, 6.45) is 3.17. The van der Waals surface area contributed by atoms with E-state index < -0.39 is 16.1 Å². The number of thioether (sulfide) groups is 1. The normalized spacial score (nSPS) is 18.6. The zero-order chi connectivity index (χ0) is 17.2. The van der Waals surface area contributed by atoms with E-state index in [2.05, 4.69) is 5.32 Å². The lowest BCUT2D eigenvalue weighted by Crippen LogP contribution is -2.42. The molecule has 1 aromatic heterocycles. The van der Waals surface area contributed by atoms with Gasteiger partial charge in [-0.05, 0) is 42.7 Å². The number of thiophene rings is 1. The molecule has 2 heterocycles. The van der Waals surface area contributed by atoms with E-state index in [1.165, 1.54) is 27.4 Å². The minimum absolute atomic E-state index is 0.269. The van der Waals surface area contributed by atoms with Crippen molar-refractivity contribution >= 4 is 44.7 Å². The summed E-state index contributed by atoms with van der Waals surface area (Å²) < 4.78 is 27.1. The van der Waals surface area contributed by atoms with Crippen LogP contribution < -0.4 is 5.32 Å². The predicted molar refractivity (Wildman–Crippen MR) is 98.1 cm³/mol. The van der Waals surface area contributed by atoms with Crippen LogP contribution in [0.1, 0.15) is 12.8 Å². The first kappa shape index (κ1) is 17.5. The highest BCUT2D eigenvalue weighted by Crippen LogP contribution is 2.30. The molecule has 1 saturated heterocycles. The fraction of sp³-hybridized carbons (Fsp3) is 0.312. The van der Waals surface area contributed by atoms with E-state index in [1.807, 2.05) is 30.5 Å². The quantitative estimate of drug-likeness (QED) is 0.806. The Balaban J connectivity index is 1.82. The SMILES string of the molecule is CSc1ccccc1NC(=O)C1CCCN1S(=O)(=O)c1cccs1. The van der Waals surface area contributed by atoms with E-state index in [0.717, 1.165) is 10.6 Å². The standard InChI is InChI=1S/C16H18N2O3S3/c1-22-14-8-3-2-6-12(14)17-16(19)13-7-4-10-18(13)24(20,21)15-9-5-11-23-15/h2-3,5-6,8-9,11,13H,4,7,10H2,1H3,(H,17,19). The average molecular weight is 383 g/mol. The molecule has 1 fully saturated rings. The van der Waals surface area contributed by atoms with Gasteiger partial charge in [-0.15, -0.1) is 23.1 Å². The number of nitrogens with zero attached hydrogens (tertiary/aromatic N) is 1. The van der Waals surface area contributed by atoms with Gasteiger partial charge >= 0.3 is 0 Å². The van der Waals surface area contributed by atoms with E-state index >= 15 is 0 Å². The number of anilines is 1. The van der Waals surface area contributed by atoms with E-state index in [0.29, 0.717) is 19.4 Å². The van der Waals surface area contributed by atoms with Crippen molar-refractivity contribution in [2.24, 2.45) is 0 Å². The molecule has 1 unspecified atom stereocenters. The third kappa shape index (κ3) is 3.37. The van der Waals surface area contributed by atoms with E-state index in [1.54, 1.807) is 17.5 Å². The summed E-state index contributed by atoms with van der Waals surface area (Å²) in [5.41, 5.74) is 0.718. The molecule has 8 heteroatoms. The van der Waals surface area contributed by atoms with Gasteiger partial charge in [-0.2, -0.15) is 4.31 Å². The van der Waals surface area contributed by atoms with Crippen LogP contribution in [0.15, 0.2) is 50.9 Å². The van der Waals surface area contributed by atoms with Crippen LogP contribution in [0.4, 0.5) is 5.69 Å². The fourth-order valence-electron chi connectivity index (χ4n) is 2.78. The highest BCUT2D eigenvalue weighted by molar-refractivity contribution is 7.98. The molecule has 0 aliphatic carbocycles. The Morgan fingerprint density at radius 1 is 1.29 bits per heavy atom. The summed E-state index contributed by atoms with van der Waals surface area (Å²) >= 11 is 2.72. The van der Waals surface area contributed by atoms with Gasteiger partial charge in [0.1, 0.15) is 10.3 Å². The number of nitrogens with one attached hydrogen (secondary N) is 1. The van der Waals surface area contributed by atoms with Gasteiger partial charge in [0.15, 0.2) is 0 Å². The average Bonchev–Trinajstić information content (AvgIpc) is 3.27. The Bertz CT molecular complexity index is 819. The van der Waals surface area contributed by atoms with Crippen LogP contribution >= 0.6 is 23.1 Å². The van der Waals surface area contributed by atoms with Crippen LogP contribution in [-0.2, 0) is 14.8 Å². The number of carbonyl (C=O) groups excluding carboxylic acids is 1. The molecule has 24 heavy (non-hydrogen) atoms. The van der Waals surface area contributed by atoms with Gasteiger partial charge < -0.3 is 5.32 Å². The van der Waals surface area contributed by atoms with Gasteiger partial charge in [0.25, 0.3) is 10.0 Å². The van der Waals surface area contributed by atoms with Crippen LogP contribution in [0.2, 0.25) is 0 Å². The molecule has 1 amide bonds. The van der Waals surface area contributed by atoms with Gasteiger partial charge in [-0.25, -0.2) is 8.42 Å². The minimum Gasteiger partial charge on any atom is -0.324 e. The third-order valence-electron chi connectivity index (χ3n) is 3.93. The molecule has 0 spiro atoms. The molecule has 0 bridgehead atoms. The summed E-state index contributed by atoms with van der Waals surface area (Å²) in [4.78, 5) is 13.6. The first-order valence-electron chi connectivity index (χ1n) is 7.53. The maximum Gasteiger partial charge on any atom is 0.253 e. The van der Waals surface area contributed by atoms with Crippen molar-refractivity contribution in [3.8, 4) is 0 Å². The first-order chi connectivity index (χ1) is 11.5. The maximum absolute atomic E-state index is 12.7. The molecular formula is C16H18N2O3S3. The number of amides is 1. The second-order valence-corrected chi connectivity index (χ2v) is 9.31. The van der Waals surface area contributed by atoms with Crippen LogP contribution in [0.25, 0.3) is 0 Å². The number of para-hydroxylation sites is 1. The van der Waals surface area contributed by atoms with Crippen molar-refractivity contribution in [2.45, 2.75) is 28.0 Å². The molecular weight excluding hydrogens is 364 g/mol.